The molecule has 0 saturated heterocycles. The minimum atomic E-state index is -0.966. The number of carboxylic acid groups (broad SMARTS) is 1. The van der Waals surface area contributed by atoms with Gasteiger partial charge in [-0.15, -0.1) is 11.3 Å². The molecule has 0 bridgehead atoms. The molecule has 1 aromatic carbocycles. The summed E-state index contributed by atoms with van der Waals surface area (Å²) >= 11 is 1.14. The van der Waals surface area contributed by atoms with Gasteiger partial charge < -0.3 is 19.9 Å². The van der Waals surface area contributed by atoms with Crippen LogP contribution in [0.5, 0.6) is 11.5 Å². The summed E-state index contributed by atoms with van der Waals surface area (Å²) in [5.41, 5.74) is 0.799. The average molecular weight is 361 g/mol. The van der Waals surface area contributed by atoms with Crippen molar-refractivity contribution < 1.29 is 24.2 Å². The Morgan fingerprint density at radius 1 is 1.32 bits per heavy atom. The van der Waals surface area contributed by atoms with E-state index >= 15 is 0 Å². The van der Waals surface area contributed by atoms with Crippen molar-refractivity contribution in [2.45, 2.75) is 32.4 Å². The molecule has 1 aliphatic rings. The second kappa shape index (κ2) is 6.76. The van der Waals surface area contributed by atoms with E-state index < -0.39 is 5.97 Å². The van der Waals surface area contributed by atoms with Gasteiger partial charge in [-0.25, -0.2) is 4.79 Å². The fraction of sp³-hybridized carbons (Fsp3) is 0.333. The van der Waals surface area contributed by atoms with E-state index in [9.17, 15) is 9.59 Å². The fourth-order valence-corrected chi connectivity index (χ4v) is 3.46. The highest BCUT2D eigenvalue weighted by Crippen LogP contribution is 2.41. The van der Waals surface area contributed by atoms with Crippen LogP contribution in [0.4, 0.5) is 0 Å². The molecule has 0 unspecified atom stereocenters. The average Bonchev–Trinajstić information content (AvgIpc) is 3.13. The molecule has 7 heteroatoms. The molecule has 0 radical (unpaired) electrons. The highest BCUT2D eigenvalue weighted by Gasteiger charge is 2.32. The lowest BCUT2D eigenvalue weighted by Gasteiger charge is -2.18. The molecule has 0 spiro atoms. The number of carboxylic acids is 1. The van der Waals surface area contributed by atoms with Gasteiger partial charge in [0.25, 0.3) is 5.91 Å². The lowest BCUT2D eigenvalue weighted by atomic mass is 10.0. The third-order valence-corrected chi connectivity index (χ3v) is 4.82. The quantitative estimate of drug-likeness (QED) is 0.826. The summed E-state index contributed by atoms with van der Waals surface area (Å²) < 4.78 is 11.5. The van der Waals surface area contributed by atoms with Gasteiger partial charge in [0.2, 0.25) is 0 Å². The van der Waals surface area contributed by atoms with Crippen molar-refractivity contribution in [1.82, 2.24) is 5.32 Å². The molecular weight excluding hydrogens is 342 g/mol. The standard InChI is InChI=1S/C18H19NO5S/c1-18(2)8-11-4-3-5-13(16(11)24-18)23-10-15(20)19-9-12-6-7-14(25-12)17(21)22/h3-7H,8-10H2,1-2H3,(H,19,20)(H,21,22). The maximum absolute atomic E-state index is 12.0. The molecular formula is C18H19NO5S. The Labute approximate surface area is 149 Å². The summed E-state index contributed by atoms with van der Waals surface area (Å²) in [4.78, 5) is 23.8. The Morgan fingerprint density at radius 3 is 2.84 bits per heavy atom. The number of benzene rings is 1. The van der Waals surface area contributed by atoms with E-state index in [0.717, 1.165) is 28.2 Å². The SMILES string of the molecule is CC1(C)Cc2cccc(OCC(=O)NCc3ccc(C(=O)O)s3)c2O1. The van der Waals surface area contributed by atoms with Crippen molar-refractivity contribution in [1.29, 1.82) is 0 Å². The first-order chi connectivity index (χ1) is 11.8. The molecule has 0 fully saturated rings. The number of hydrogen-bond acceptors (Lipinski definition) is 5. The van der Waals surface area contributed by atoms with Gasteiger partial charge in [-0.2, -0.15) is 0 Å². The Morgan fingerprint density at radius 2 is 2.12 bits per heavy atom. The molecule has 2 N–H and O–H groups in total. The van der Waals surface area contributed by atoms with Crippen LogP contribution in [0.25, 0.3) is 0 Å². The topological polar surface area (TPSA) is 84.9 Å². The van der Waals surface area contributed by atoms with Crippen molar-refractivity contribution in [2.75, 3.05) is 6.61 Å². The number of rotatable bonds is 6. The van der Waals surface area contributed by atoms with Crippen LogP contribution in [0.2, 0.25) is 0 Å². The third-order valence-electron chi connectivity index (χ3n) is 3.75. The van der Waals surface area contributed by atoms with Crippen LogP contribution in [-0.4, -0.2) is 29.2 Å². The van der Waals surface area contributed by atoms with Gasteiger partial charge in [-0.3, -0.25) is 4.79 Å². The molecule has 2 heterocycles. The lowest BCUT2D eigenvalue weighted by molar-refractivity contribution is -0.123. The van der Waals surface area contributed by atoms with Gasteiger partial charge >= 0.3 is 5.97 Å². The number of nitrogens with one attached hydrogen (secondary N) is 1. The van der Waals surface area contributed by atoms with E-state index in [1.54, 1.807) is 12.1 Å². The summed E-state index contributed by atoms with van der Waals surface area (Å²) in [5, 5.41) is 11.6. The van der Waals surface area contributed by atoms with Crippen LogP contribution in [0.15, 0.2) is 30.3 Å². The Bertz CT molecular complexity index is 812. The van der Waals surface area contributed by atoms with Gasteiger partial charge in [0.1, 0.15) is 10.5 Å². The fourth-order valence-electron chi connectivity index (χ4n) is 2.67. The zero-order valence-electron chi connectivity index (χ0n) is 14.0. The molecule has 0 aliphatic carbocycles. The van der Waals surface area contributed by atoms with E-state index in [4.69, 9.17) is 14.6 Å². The van der Waals surface area contributed by atoms with Crippen LogP contribution >= 0.6 is 11.3 Å². The number of carbonyl (C=O) groups is 2. The smallest absolute Gasteiger partial charge is 0.345 e. The maximum atomic E-state index is 12.0. The molecule has 0 saturated carbocycles. The second-order valence-electron chi connectivity index (χ2n) is 6.42. The number of thiophene rings is 1. The number of amides is 1. The van der Waals surface area contributed by atoms with Crippen LogP contribution < -0.4 is 14.8 Å². The number of para-hydroxylation sites is 1. The van der Waals surface area contributed by atoms with Crippen molar-refractivity contribution in [3.05, 3.63) is 45.6 Å². The molecule has 1 aromatic heterocycles. The largest absolute Gasteiger partial charge is 0.483 e. The van der Waals surface area contributed by atoms with Crippen molar-refractivity contribution in [3.63, 3.8) is 0 Å². The maximum Gasteiger partial charge on any atom is 0.345 e. The minimum absolute atomic E-state index is 0.128. The zero-order chi connectivity index (χ0) is 18.0. The van der Waals surface area contributed by atoms with Gasteiger partial charge in [0.05, 0.1) is 6.54 Å². The molecule has 1 amide bonds. The first-order valence-corrected chi connectivity index (χ1v) is 8.68. The number of carbonyl (C=O) groups excluding carboxylic acids is 1. The van der Waals surface area contributed by atoms with E-state index in [1.165, 1.54) is 6.07 Å². The van der Waals surface area contributed by atoms with E-state index in [1.807, 2.05) is 26.0 Å². The molecule has 1 aliphatic heterocycles. The predicted molar refractivity (Wildman–Crippen MR) is 93.5 cm³/mol. The van der Waals surface area contributed by atoms with Crippen LogP contribution in [0, 0.1) is 0 Å². The lowest BCUT2D eigenvalue weighted by Crippen LogP contribution is -2.28. The van der Waals surface area contributed by atoms with Gasteiger partial charge in [-0.05, 0) is 32.0 Å². The first-order valence-electron chi connectivity index (χ1n) is 7.86. The number of fused-ring (bicyclic) bond motifs is 1. The highest BCUT2D eigenvalue weighted by molar-refractivity contribution is 7.13. The van der Waals surface area contributed by atoms with Crippen molar-refractivity contribution in [2.24, 2.45) is 0 Å². The summed E-state index contributed by atoms with van der Waals surface area (Å²) in [6, 6.07) is 8.88. The summed E-state index contributed by atoms with van der Waals surface area (Å²) in [5.74, 6) is 0.0130. The normalized spacial score (nSPS) is 14.5. The number of hydrogen-bond donors (Lipinski definition) is 2. The van der Waals surface area contributed by atoms with Crippen molar-refractivity contribution >= 4 is 23.2 Å². The Balaban J connectivity index is 1.53. The number of aromatic carboxylic acids is 1. The summed E-state index contributed by atoms with van der Waals surface area (Å²) in [6.07, 6.45) is 0.802. The van der Waals surface area contributed by atoms with Crippen LogP contribution in [0.3, 0.4) is 0 Å². The second-order valence-corrected chi connectivity index (χ2v) is 7.59. The molecule has 0 atom stereocenters. The van der Waals surface area contributed by atoms with Crippen LogP contribution in [-0.2, 0) is 17.8 Å². The third kappa shape index (κ3) is 4.11. The summed E-state index contributed by atoms with van der Waals surface area (Å²) in [6.45, 7) is 4.17. The van der Waals surface area contributed by atoms with Gasteiger partial charge in [0, 0.05) is 16.9 Å². The van der Waals surface area contributed by atoms with E-state index in [2.05, 4.69) is 5.32 Å². The van der Waals surface area contributed by atoms with Crippen LogP contribution in [0.1, 0.15) is 34.0 Å². The molecule has 25 heavy (non-hydrogen) atoms. The van der Waals surface area contributed by atoms with Gasteiger partial charge in [-0.1, -0.05) is 12.1 Å². The van der Waals surface area contributed by atoms with Gasteiger partial charge in [0.15, 0.2) is 18.1 Å². The first kappa shape index (κ1) is 17.3. The Kier molecular flexibility index (Phi) is 4.67. The van der Waals surface area contributed by atoms with E-state index in [0.29, 0.717) is 11.5 Å². The monoisotopic (exact) mass is 361 g/mol. The summed E-state index contributed by atoms with van der Waals surface area (Å²) in [7, 11) is 0. The zero-order valence-corrected chi connectivity index (χ0v) is 14.8. The minimum Gasteiger partial charge on any atom is -0.483 e. The molecule has 6 nitrogen and oxygen atoms in total. The number of ether oxygens (including phenoxy) is 2. The highest BCUT2D eigenvalue weighted by atomic mass is 32.1. The van der Waals surface area contributed by atoms with E-state index in [-0.39, 0.29) is 29.5 Å². The predicted octanol–water partition coefficient (Wildman–Crippen LogP) is 2.86. The Hall–Kier alpha value is -2.54. The molecule has 132 valence electrons. The van der Waals surface area contributed by atoms with Crippen molar-refractivity contribution in [3.8, 4) is 11.5 Å². The molecule has 2 aromatic rings. The molecule has 3 rings (SSSR count).